The Morgan fingerprint density at radius 1 is 1.00 bits per heavy atom. The summed E-state index contributed by atoms with van der Waals surface area (Å²) in [6, 6.07) is 18.8. The standard InChI is InChI=1S/C24H26N2O4S/c1-17-8-9-20(18(2)14-17)16-25-24(27)19-6-5-7-23(15-19)31(28,29)26(3)21-10-12-22(30-4)13-11-21/h5-15H,16H2,1-4H3,(H,25,27). The molecule has 3 aromatic rings. The smallest absolute Gasteiger partial charge is 0.264 e. The second kappa shape index (κ2) is 9.22. The summed E-state index contributed by atoms with van der Waals surface area (Å²) in [5.74, 6) is 0.307. The molecule has 3 rings (SSSR count). The summed E-state index contributed by atoms with van der Waals surface area (Å²) in [4.78, 5) is 12.7. The van der Waals surface area contributed by atoms with Gasteiger partial charge in [0.2, 0.25) is 0 Å². The Morgan fingerprint density at radius 2 is 1.71 bits per heavy atom. The summed E-state index contributed by atoms with van der Waals surface area (Å²) in [5.41, 5.74) is 4.05. The highest BCUT2D eigenvalue weighted by Gasteiger charge is 2.22. The molecular weight excluding hydrogens is 412 g/mol. The third-order valence-electron chi connectivity index (χ3n) is 5.13. The maximum Gasteiger partial charge on any atom is 0.264 e. The van der Waals surface area contributed by atoms with Gasteiger partial charge in [-0.1, -0.05) is 29.8 Å². The normalized spacial score (nSPS) is 11.1. The van der Waals surface area contributed by atoms with Crippen LogP contribution in [0.2, 0.25) is 0 Å². The number of anilines is 1. The van der Waals surface area contributed by atoms with Crippen molar-refractivity contribution in [3.8, 4) is 5.75 Å². The molecule has 6 nitrogen and oxygen atoms in total. The molecule has 3 aromatic carbocycles. The molecule has 0 saturated heterocycles. The van der Waals surface area contributed by atoms with Crippen molar-refractivity contribution in [3.05, 3.63) is 89.0 Å². The minimum atomic E-state index is -3.83. The predicted octanol–water partition coefficient (Wildman–Crippen LogP) is 4.07. The molecule has 0 saturated carbocycles. The van der Waals surface area contributed by atoms with Crippen molar-refractivity contribution < 1.29 is 17.9 Å². The van der Waals surface area contributed by atoms with Crippen molar-refractivity contribution in [3.63, 3.8) is 0 Å². The molecule has 0 aromatic heterocycles. The first kappa shape index (κ1) is 22.4. The second-order valence-electron chi connectivity index (χ2n) is 7.31. The lowest BCUT2D eigenvalue weighted by molar-refractivity contribution is 0.0950. The summed E-state index contributed by atoms with van der Waals surface area (Å²) in [6.45, 7) is 4.38. The van der Waals surface area contributed by atoms with E-state index < -0.39 is 10.0 Å². The van der Waals surface area contributed by atoms with Gasteiger partial charge in [-0.05, 0) is 67.4 Å². The van der Waals surface area contributed by atoms with Gasteiger partial charge in [0.1, 0.15) is 5.75 Å². The summed E-state index contributed by atoms with van der Waals surface area (Å²) < 4.78 is 32.5. The van der Waals surface area contributed by atoms with E-state index in [0.717, 1.165) is 16.7 Å². The Kier molecular flexibility index (Phi) is 6.65. The Morgan fingerprint density at radius 3 is 2.35 bits per heavy atom. The number of hydrogen-bond acceptors (Lipinski definition) is 4. The number of rotatable bonds is 7. The topological polar surface area (TPSA) is 75.7 Å². The number of carbonyl (C=O) groups excluding carboxylic acids is 1. The second-order valence-corrected chi connectivity index (χ2v) is 9.28. The zero-order valence-electron chi connectivity index (χ0n) is 18.0. The number of nitrogens with zero attached hydrogens (tertiary/aromatic N) is 1. The van der Waals surface area contributed by atoms with E-state index in [2.05, 4.69) is 11.4 Å². The monoisotopic (exact) mass is 438 g/mol. The molecule has 0 heterocycles. The maximum atomic E-state index is 13.1. The van der Waals surface area contributed by atoms with Gasteiger partial charge in [-0.15, -0.1) is 0 Å². The van der Waals surface area contributed by atoms with E-state index in [1.54, 1.807) is 43.5 Å². The van der Waals surface area contributed by atoms with Crippen LogP contribution in [0.15, 0.2) is 71.6 Å². The van der Waals surface area contributed by atoms with E-state index >= 15 is 0 Å². The number of methoxy groups -OCH3 is 1. The Balaban J connectivity index is 1.78. The lowest BCUT2D eigenvalue weighted by atomic mass is 10.1. The van der Waals surface area contributed by atoms with Crippen LogP contribution in [-0.2, 0) is 16.6 Å². The largest absolute Gasteiger partial charge is 0.497 e. The van der Waals surface area contributed by atoms with Gasteiger partial charge in [0, 0.05) is 19.2 Å². The van der Waals surface area contributed by atoms with E-state index in [1.807, 2.05) is 26.0 Å². The third kappa shape index (κ3) is 5.06. The van der Waals surface area contributed by atoms with Gasteiger partial charge in [0.25, 0.3) is 15.9 Å². The van der Waals surface area contributed by atoms with Gasteiger partial charge in [-0.2, -0.15) is 0 Å². The highest BCUT2D eigenvalue weighted by Crippen LogP contribution is 2.24. The minimum Gasteiger partial charge on any atom is -0.497 e. The summed E-state index contributed by atoms with van der Waals surface area (Å²) >= 11 is 0. The number of carbonyl (C=O) groups is 1. The van der Waals surface area contributed by atoms with Crippen LogP contribution in [0.4, 0.5) is 5.69 Å². The molecule has 162 valence electrons. The van der Waals surface area contributed by atoms with E-state index in [9.17, 15) is 13.2 Å². The van der Waals surface area contributed by atoms with Gasteiger partial charge in [0.15, 0.2) is 0 Å². The molecular formula is C24H26N2O4S. The van der Waals surface area contributed by atoms with Crippen LogP contribution in [0.1, 0.15) is 27.0 Å². The zero-order valence-corrected chi connectivity index (χ0v) is 18.9. The van der Waals surface area contributed by atoms with Crippen molar-refractivity contribution >= 4 is 21.6 Å². The molecule has 1 amide bonds. The number of aryl methyl sites for hydroxylation is 2. The first-order chi connectivity index (χ1) is 14.7. The SMILES string of the molecule is COc1ccc(N(C)S(=O)(=O)c2cccc(C(=O)NCc3ccc(C)cc3C)c2)cc1. The molecule has 0 bridgehead atoms. The maximum absolute atomic E-state index is 13.1. The fraction of sp³-hybridized carbons (Fsp3) is 0.208. The number of hydrogen-bond donors (Lipinski definition) is 1. The summed E-state index contributed by atoms with van der Waals surface area (Å²) in [6.07, 6.45) is 0. The molecule has 0 spiro atoms. The van der Waals surface area contributed by atoms with Gasteiger partial charge in [-0.25, -0.2) is 8.42 Å². The number of benzene rings is 3. The predicted molar refractivity (Wildman–Crippen MR) is 122 cm³/mol. The average Bonchev–Trinajstić information content (AvgIpc) is 2.78. The molecule has 0 aliphatic heterocycles. The summed E-state index contributed by atoms with van der Waals surface area (Å²) in [7, 11) is -0.810. The molecule has 31 heavy (non-hydrogen) atoms. The van der Waals surface area contributed by atoms with E-state index in [-0.39, 0.29) is 16.4 Å². The van der Waals surface area contributed by atoms with Crippen LogP contribution in [0, 0.1) is 13.8 Å². The van der Waals surface area contributed by atoms with Crippen molar-refractivity contribution in [2.75, 3.05) is 18.5 Å². The van der Waals surface area contributed by atoms with E-state index in [1.165, 1.54) is 23.5 Å². The van der Waals surface area contributed by atoms with E-state index in [0.29, 0.717) is 18.0 Å². The number of ether oxygens (including phenoxy) is 1. The Bertz CT molecular complexity index is 1190. The van der Waals surface area contributed by atoms with Crippen molar-refractivity contribution in [1.82, 2.24) is 5.32 Å². The van der Waals surface area contributed by atoms with Crippen LogP contribution < -0.4 is 14.4 Å². The highest BCUT2D eigenvalue weighted by molar-refractivity contribution is 7.92. The van der Waals surface area contributed by atoms with E-state index in [4.69, 9.17) is 4.74 Å². The Hall–Kier alpha value is -3.32. The van der Waals surface area contributed by atoms with Crippen LogP contribution in [0.5, 0.6) is 5.75 Å². The lowest BCUT2D eigenvalue weighted by Gasteiger charge is -2.20. The van der Waals surface area contributed by atoms with Crippen LogP contribution in [0.25, 0.3) is 0 Å². The molecule has 0 aliphatic carbocycles. The van der Waals surface area contributed by atoms with Crippen LogP contribution >= 0.6 is 0 Å². The highest BCUT2D eigenvalue weighted by atomic mass is 32.2. The van der Waals surface area contributed by atoms with Crippen molar-refractivity contribution in [2.24, 2.45) is 0 Å². The molecule has 0 atom stereocenters. The first-order valence-electron chi connectivity index (χ1n) is 9.80. The fourth-order valence-electron chi connectivity index (χ4n) is 3.21. The average molecular weight is 439 g/mol. The summed E-state index contributed by atoms with van der Waals surface area (Å²) in [5, 5.41) is 2.87. The van der Waals surface area contributed by atoms with Gasteiger partial charge in [-0.3, -0.25) is 9.10 Å². The van der Waals surface area contributed by atoms with Crippen LogP contribution in [0.3, 0.4) is 0 Å². The fourth-order valence-corrected chi connectivity index (χ4v) is 4.45. The van der Waals surface area contributed by atoms with Crippen LogP contribution in [-0.4, -0.2) is 28.5 Å². The quantitative estimate of drug-likeness (QED) is 0.603. The first-order valence-corrected chi connectivity index (χ1v) is 11.2. The molecule has 0 aliphatic rings. The zero-order chi connectivity index (χ0) is 22.6. The van der Waals surface area contributed by atoms with Gasteiger partial charge < -0.3 is 10.1 Å². The minimum absolute atomic E-state index is 0.0463. The number of nitrogens with one attached hydrogen (secondary N) is 1. The van der Waals surface area contributed by atoms with Crippen molar-refractivity contribution in [2.45, 2.75) is 25.3 Å². The molecule has 0 radical (unpaired) electrons. The molecule has 0 unspecified atom stereocenters. The van der Waals surface area contributed by atoms with Crippen molar-refractivity contribution in [1.29, 1.82) is 0 Å². The number of amides is 1. The number of sulfonamides is 1. The Labute approximate surface area is 183 Å². The molecule has 0 fully saturated rings. The van der Waals surface area contributed by atoms with Gasteiger partial charge in [0.05, 0.1) is 17.7 Å². The molecule has 1 N–H and O–H groups in total. The molecule has 7 heteroatoms. The van der Waals surface area contributed by atoms with Gasteiger partial charge >= 0.3 is 0 Å². The third-order valence-corrected chi connectivity index (χ3v) is 6.91. The lowest BCUT2D eigenvalue weighted by Crippen LogP contribution is -2.27.